The number of hydrogen-bond acceptors (Lipinski definition) is 9. The average molecular weight is 681 g/mol. The van der Waals surface area contributed by atoms with Crippen molar-refractivity contribution in [2.45, 2.75) is 18.5 Å². The van der Waals surface area contributed by atoms with E-state index >= 15 is 8.78 Å². The summed E-state index contributed by atoms with van der Waals surface area (Å²) in [5.41, 5.74) is -5.06. The van der Waals surface area contributed by atoms with Crippen molar-refractivity contribution < 1.29 is 59.0 Å². The number of fused-ring (bicyclic) bond motifs is 5. The molecule has 46 heavy (non-hydrogen) atoms. The molecule has 3 heterocycles. The Bertz CT molecular complexity index is 2170. The molecule has 0 spiro atoms. The van der Waals surface area contributed by atoms with Crippen LogP contribution in [0, 0.1) is 0 Å². The molecule has 3 aliphatic rings. The van der Waals surface area contributed by atoms with Crippen LogP contribution in [-0.4, -0.2) is 33.1 Å². The minimum atomic E-state index is -4.79. The van der Waals surface area contributed by atoms with E-state index < -0.39 is 75.4 Å². The molecule has 0 unspecified atom stereocenters. The van der Waals surface area contributed by atoms with Crippen LogP contribution < -0.4 is 4.74 Å². The number of Topliss-reactive ketones (excluding diaryl/α,β-unsaturated/α-hetero) is 4. The number of carbonyl (C=O) groups is 4. The van der Waals surface area contributed by atoms with Crippen molar-refractivity contribution >= 4 is 69.1 Å². The van der Waals surface area contributed by atoms with Gasteiger partial charge in [-0.3, -0.25) is 19.2 Å². The van der Waals surface area contributed by atoms with Crippen molar-refractivity contribution in [3.63, 3.8) is 0 Å². The van der Waals surface area contributed by atoms with Gasteiger partial charge >= 0.3 is 18.5 Å². The van der Waals surface area contributed by atoms with Crippen LogP contribution in [-0.2, 0) is 28.1 Å². The number of carbonyl (C=O) groups excluding carboxylic acids is 4. The largest absolute Gasteiger partial charge is 0.446 e. The lowest BCUT2D eigenvalue weighted by atomic mass is 10.0. The van der Waals surface area contributed by atoms with Gasteiger partial charge in [-0.05, 0) is 47.5 Å². The third-order valence-corrected chi connectivity index (χ3v) is 9.31. The summed E-state index contributed by atoms with van der Waals surface area (Å²) in [6.45, 7) is 0. The topological polar surface area (TPSA) is 103 Å². The van der Waals surface area contributed by atoms with Gasteiger partial charge in [0, 0.05) is 22.3 Å². The summed E-state index contributed by atoms with van der Waals surface area (Å²) in [7, 11) is 0. The number of allylic oxidation sites excluding steroid dienone is 2. The molecule has 0 fully saturated rings. The van der Waals surface area contributed by atoms with E-state index in [2.05, 4.69) is 9.97 Å². The molecule has 0 bridgehead atoms. The Labute approximate surface area is 257 Å². The molecule has 7 nitrogen and oxygen atoms in total. The maximum absolute atomic E-state index is 15.0. The van der Waals surface area contributed by atoms with E-state index in [0.29, 0.717) is 35.6 Å². The van der Waals surface area contributed by atoms with Crippen LogP contribution in [0.5, 0.6) is 5.88 Å². The molecule has 2 aromatic carbocycles. The number of aromatic nitrogens is 2. The van der Waals surface area contributed by atoms with Gasteiger partial charge in [-0.1, -0.05) is 12.1 Å². The van der Waals surface area contributed by atoms with Crippen LogP contribution in [0.25, 0.3) is 33.1 Å². The molecule has 2 aromatic heterocycles. The van der Waals surface area contributed by atoms with Crippen LogP contribution in [0.15, 0.2) is 36.4 Å². The molecule has 4 aromatic rings. The quantitative estimate of drug-likeness (QED) is 0.124. The van der Waals surface area contributed by atoms with E-state index in [-0.39, 0.29) is 42.0 Å². The van der Waals surface area contributed by atoms with E-state index in [1.165, 1.54) is 0 Å². The van der Waals surface area contributed by atoms with Crippen molar-refractivity contribution in [2.75, 3.05) is 0 Å². The van der Waals surface area contributed by atoms with E-state index in [9.17, 15) is 45.5 Å². The van der Waals surface area contributed by atoms with Gasteiger partial charge in [0.05, 0.1) is 16.0 Å². The zero-order chi connectivity index (χ0) is 33.1. The Morgan fingerprint density at radius 1 is 0.630 bits per heavy atom. The summed E-state index contributed by atoms with van der Waals surface area (Å²) in [4.78, 5) is 57.8. The first-order valence-electron chi connectivity index (χ1n) is 12.6. The fourth-order valence-electron chi connectivity index (χ4n) is 5.07. The summed E-state index contributed by atoms with van der Waals surface area (Å²) in [5, 5.41) is -0.332. The van der Waals surface area contributed by atoms with Crippen LogP contribution in [0.1, 0.15) is 58.7 Å². The number of halogens is 8. The molecule has 0 N–H and O–H groups in total. The van der Waals surface area contributed by atoms with Crippen molar-refractivity contribution in [3.05, 3.63) is 85.5 Å². The molecule has 0 radical (unpaired) electrons. The predicted octanol–water partition coefficient (Wildman–Crippen LogP) is 7.36. The monoisotopic (exact) mass is 680 g/mol. The maximum atomic E-state index is 15.0. The molecular formula is C29H8F8N2O5S2. The van der Waals surface area contributed by atoms with Crippen LogP contribution in [0.2, 0.25) is 0 Å². The lowest BCUT2D eigenvalue weighted by molar-refractivity contribution is -0.191. The number of benzene rings is 2. The number of hydrogen-bond donors (Lipinski definition) is 0. The molecule has 232 valence electrons. The van der Waals surface area contributed by atoms with E-state index in [4.69, 9.17) is 4.74 Å². The fourth-order valence-corrected chi connectivity index (χ4v) is 7.16. The second-order valence-electron chi connectivity index (χ2n) is 9.98. The highest BCUT2D eigenvalue weighted by Gasteiger charge is 2.48. The zero-order valence-corrected chi connectivity index (χ0v) is 23.5. The first-order valence-corrected chi connectivity index (χ1v) is 14.2. The third kappa shape index (κ3) is 4.52. The lowest BCUT2D eigenvalue weighted by Crippen LogP contribution is -2.26. The number of rotatable bonds is 2. The van der Waals surface area contributed by atoms with Gasteiger partial charge in [0.15, 0.2) is 5.69 Å². The molecule has 7 rings (SSSR count). The summed E-state index contributed by atoms with van der Waals surface area (Å²) >= 11 is 1.37. The first kappa shape index (κ1) is 29.8. The zero-order valence-electron chi connectivity index (χ0n) is 21.9. The van der Waals surface area contributed by atoms with Gasteiger partial charge in [-0.25, -0.2) is 9.97 Å². The Kier molecular flexibility index (Phi) is 6.19. The van der Waals surface area contributed by atoms with Crippen molar-refractivity contribution in [2.24, 2.45) is 0 Å². The fraction of sp³-hybridized carbons (Fsp3) is 0.103. The van der Waals surface area contributed by atoms with E-state index in [1.807, 2.05) is 0 Å². The average Bonchev–Trinajstić information content (AvgIpc) is 3.70. The van der Waals surface area contributed by atoms with Crippen LogP contribution >= 0.6 is 22.7 Å². The molecule has 1 aliphatic heterocycles. The minimum Gasteiger partial charge on any atom is -0.408 e. The Morgan fingerprint density at radius 3 is 1.57 bits per heavy atom. The Hall–Kier alpha value is -4.90. The number of thiazole rings is 2. The van der Waals surface area contributed by atoms with Gasteiger partial charge in [0.1, 0.15) is 14.9 Å². The summed E-state index contributed by atoms with van der Waals surface area (Å²) in [5.74, 6) is -5.26. The number of alkyl halides is 8. The minimum absolute atomic E-state index is 0.00313. The van der Waals surface area contributed by atoms with Gasteiger partial charge < -0.3 is 4.74 Å². The third-order valence-electron chi connectivity index (χ3n) is 7.16. The van der Waals surface area contributed by atoms with E-state index in [0.717, 1.165) is 35.6 Å². The molecular weight excluding hydrogens is 672 g/mol. The summed E-state index contributed by atoms with van der Waals surface area (Å²) < 4.78 is 114. The molecule has 17 heteroatoms. The standard InChI is InChI=1S/C29H8F8N2O5S2/c30-27(31,32)9-1-3-11-13(5-9)19(40)21(42)15(11)7-17-38-25-23(45-17)24-26(44-29(25,36)37)39-18(46-24)8-16-12-4-2-10(28(33,34)35)6-14(12)20(41)22(16)43/h1-8H/b15-7-,16-8-. The SMILES string of the molecule is O=C1C(=O)c2cc(C(F)(F)F)ccc2/C1=C/c1nc2c(s1)-c1sc(/C=C3\C(=O)C(=O)c4cc(C(F)(F)F)ccc43)nc1C(F)(F)O2. The Morgan fingerprint density at radius 2 is 1.09 bits per heavy atom. The first-order chi connectivity index (χ1) is 21.4. The Balaban J connectivity index is 1.28. The normalized spacial score (nSPS) is 18.6. The molecule has 0 saturated carbocycles. The molecule has 0 atom stereocenters. The van der Waals surface area contributed by atoms with Gasteiger partial charge in [-0.2, -0.15) is 35.1 Å². The molecule has 2 aliphatic carbocycles. The van der Waals surface area contributed by atoms with Crippen molar-refractivity contribution in [1.29, 1.82) is 0 Å². The number of ketones is 4. The summed E-state index contributed by atoms with van der Waals surface area (Å²) in [6.07, 6.45) is -11.6. The highest BCUT2D eigenvalue weighted by molar-refractivity contribution is 7.23. The predicted molar refractivity (Wildman–Crippen MR) is 145 cm³/mol. The second kappa shape index (κ2) is 9.56. The number of ether oxygens (including phenoxy) is 1. The molecule has 0 saturated heterocycles. The van der Waals surface area contributed by atoms with E-state index in [1.54, 1.807) is 0 Å². The van der Waals surface area contributed by atoms with Gasteiger partial charge in [0.25, 0.3) is 0 Å². The van der Waals surface area contributed by atoms with Crippen molar-refractivity contribution in [3.8, 4) is 15.6 Å². The summed E-state index contributed by atoms with van der Waals surface area (Å²) in [6, 6.07) is 4.30. The van der Waals surface area contributed by atoms with Gasteiger partial charge in [0.2, 0.25) is 29.0 Å². The van der Waals surface area contributed by atoms with Gasteiger partial charge in [-0.15, -0.1) is 22.7 Å². The maximum Gasteiger partial charge on any atom is 0.446 e. The highest BCUT2D eigenvalue weighted by Crippen LogP contribution is 2.52. The second-order valence-corrected chi connectivity index (χ2v) is 12.0. The van der Waals surface area contributed by atoms with Crippen LogP contribution in [0.3, 0.4) is 0 Å². The number of nitrogens with zero attached hydrogens (tertiary/aromatic N) is 2. The molecule has 0 amide bonds. The smallest absolute Gasteiger partial charge is 0.408 e. The van der Waals surface area contributed by atoms with Crippen molar-refractivity contribution in [1.82, 2.24) is 9.97 Å². The van der Waals surface area contributed by atoms with Crippen LogP contribution in [0.4, 0.5) is 35.1 Å². The highest BCUT2D eigenvalue weighted by atomic mass is 32.1. The lowest BCUT2D eigenvalue weighted by Gasteiger charge is -2.20.